The molecule has 2 N–H and O–H groups in total. The number of carbonyl (C=O) groups is 2. The second-order valence-corrected chi connectivity index (χ2v) is 6.04. The Morgan fingerprint density at radius 3 is 2.70 bits per heavy atom. The van der Waals surface area contributed by atoms with Gasteiger partial charge in [-0.3, -0.25) is 9.59 Å². The van der Waals surface area contributed by atoms with Crippen molar-refractivity contribution in [2.24, 2.45) is 0 Å². The predicted molar refractivity (Wildman–Crippen MR) is 85.4 cm³/mol. The number of rotatable bonds is 4. The molecule has 2 heterocycles. The molecule has 0 radical (unpaired) electrons. The monoisotopic (exact) mass is 350 g/mol. The summed E-state index contributed by atoms with van der Waals surface area (Å²) >= 11 is 7.11. The van der Waals surface area contributed by atoms with Crippen molar-refractivity contribution in [3.63, 3.8) is 0 Å². The number of Topliss-reactive ketones (excluding diaryl/α,β-unsaturated/α-hetero) is 1. The quantitative estimate of drug-likeness (QED) is 0.506. The van der Waals surface area contributed by atoms with Crippen LogP contribution in [0, 0.1) is 0 Å². The van der Waals surface area contributed by atoms with Crippen LogP contribution < -0.4 is 5.84 Å². The lowest BCUT2D eigenvalue weighted by atomic mass is 10.2. The van der Waals surface area contributed by atoms with E-state index in [0.717, 1.165) is 5.56 Å². The van der Waals surface area contributed by atoms with Gasteiger partial charge in [-0.05, 0) is 24.3 Å². The Kier molecular flexibility index (Phi) is 4.35. The molecule has 1 aromatic carbocycles. The molecule has 0 saturated heterocycles. The second-order valence-electron chi connectivity index (χ2n) is 4.66. The van der Waals surface area contributed by atoms with Gasteiger partial charge in [-0.15, -0.1) is 10.2 Å². The first-order valence-electron chi connectivity index (χ1n) is 6.54. The maximum Gasteiger partial charge on any atom is 0.240 e. The molecule has 3 rings (SSSR count). The van der Waals surface area contributed by atoms with Gasteiger partial charge < -0.3 is 10.6 Å². The van der Waals surface area contributed by atoms with Crippen LogP contribution in [0.25, 0.3) is 11.4 Å². The van der Waals surface area contributed by atoms with Crippen LogP contribution in [0.5, 0.6) is 0 Å². The summed E-state index contributed by atoms with van der Waals surface area (Å²) in [5, 5.41) is 9.14. The zero-order valence-electron chi connectivity index (χ0n) is 11.7. The molecule has 0 spiro atoms. The number of nitrogens with zero attached hydrogens (tertiary/aromatic N) is 3. The van der Waals surface area contributed by atoms with Crippen molar-refractivity contribution in [1.29, 1.82) is 0 Å². The Bertz CT molecular complexity index is 801. The van der Waals surface area contributed by atoms with Crippen LogP contribution in [0.15, 0.2) is 41.3 Å². The summed E-state index contributed by atoms with van der Waals surface area (Å²) in [5.74, 6) is 6.13. The van der Waals surface area contributed by atoms with E-state index < -0.39 is 11.6 Å². The maximum absolute atomic E-state index is 11.3. The van der Waals surface area contributed by atoms with Crippen LogP contribution >= 0.6 is 23.4 Å². The molecule has 0 amide bonds. The normalized spacial score (nSPS) is 14.6. The zero-order valence-corrected chi connectivity index (χ0v) is 13.3. The van der Waals surface area contributed by atoms with E-state index in [9.17, 15) is 9.59 Å². The highest BCUT2D eigenvalue weighted by molar-refractivity contribution is 7.99. The molecule has 0 bridgehead atoms. The standard InChI is InChI=1S/C14H11ClN4O3S/c15-9-3-1-8(2-4-9)13-17-18-14(19(13)16)23-7-10-5-11(20)12(21)6-22-10/h1-5H,6-7,16H2. The van der Waals surface area contributed by atoms with Gasteiger partial charge in [0.15, 0.2) is 12.4 Å². The molecule has 0 unspecified atom stereocenters. The summed E-state index contributed by atoms with van der Waals surface area (Å²) in [6, 6.07) is 7.06. The van der Waals surface area contributed by atoms with Gasteiger partial charge in [0.1, 0.15) is 5.76 Å². The minimum absolute atomic E-state index is 0.226. The molecule has 0 atom stereocenters. The number of allylic oxidation sites excluding steroid dienone is 1. The van der Waals surface area contributed by atoms with Crippen LogP contribution in [0.2, 0.25) is 5.02 Å². The number of ether oxygens (including phenoxy) is 1. The summed E-state index contributed by atoms with van der Waals surface area (Å²) in [6.45, 7) is -0.226. The number of benzene rings is 1. The molecule has 118 valence electrons. The van der Waals surface area contributed by atoms with Crippen LogP contribution in [0.3, 0.4) is 0 Å². The molecular weight excluding hydrogens is 340 g/mol. The van der Waals surface area contributed by atoms with E-state index in [2.05, 4.69) is 10.2 Å². The van der Waals surface area contributed by atoms with Gasteiger partial charge in [-0.2, -0.15) is 0 Å². The van der Waals surface area contributed by atoms with Crippen LogP contribution in [-0.2, 0) is 14.3 Å². The summed E-state index contributed by atoms with van der Waals surface area (Å²) in [6.07, 6.45) is 1.19. The van der Waals surface area contributed by atoms with Gasteiger partial charge in [-0.1, -0.05) is 23.4 Å². The van der Waals surface area contributed by atoms with Gasteiger partial charge in [0, 0.05) is 16.7 Å². The summed E-state index contributed by atoms with van der Waals surface area (Å²) in [4.78, 5) is 22.4. The Labute approximate surface area is 140 Å². The van der Waals surface area contributed by atoms with Crippen molar-refractivity contribution < 1.29 is 14.3 Å². The maximum atomic E-state index is 11.3. The Morgan fingerprint density at radius 1 is 1.26 bits per heavy atom. The Balaban J connectivity index is 1.73. The third-order valence-corrected chi connectivity index (χ3v) is 4.28. The summed E-state index contributed by atoms with van der Waals surface area (Å²) < 4.78 is 6.54. The van der Waals surface area contributed by atoms with Crippen LogP contribution in [0.1, 0.15) is 0 Å². The number of carbonyl (C=O) groups excluding carboxylic acids is 2. The molecule has 1 aliphatic heterocycles. The van der Waals surface area contributed by atoms with E-state index >= 15 is 0 Å². The van der Waals surface area contributed by atoms with Crippen molar-refractivity contribution in [3.05, 3.63) is 41.1 Å². The zero-order chi connectivity index (χ0) is 16.4. The molecule has 1 aromatic heterocycles. The molecule has 0 aliphatic carbocycles. The van der Waals surface area contributed by atoms with E-state index in [0.29, 0.717) is 27.5 Å². The first kappa shape index (κ1) is 15.6. The minimum atomic E-state index is -0.553. The number of hydrogen-bond acceptors (Lipinski definition) is 7. The molecule has 0 fully saturated rings. The Hall–Kier alpha value is -2.32. The van der Waals surface area contributed by atoms with Gasteiger partial charge in [0.25, 0.3) is 0 Å². The highest BCUT2D eigenvalue weighted by atomic mass is 35.5. The highest BCUT2D eigenvalue weighted by Crippen LogP contribution is 2.24. The highest BCUT2D eigenvalue weighted by Gasteiger charge is 2.21. The topological polar surface area (TPSA) is 100 Å². The first-order valence-corrected chi connectivity index (χ1v) is 7.90. The molecule has 9 heteroatoms. The number of hydrogen-bond donors (Lipinski definition) is 1. The lowest BCUT2D eigenvalue weighted by Gasteiger charge is -2.12. The minimum Gasteiger partial charge on any atom is -0.489 e. The third-order valence-electron chi connectivity index (χ3n) is 3.07. The largest absolute Gasteiger partial charge is 0.489 e. The lowest BCUT2D eigenvalue weighted by molar-refractivity contribution is -0.137. The molecule has 2 aromatic rings. The smallest absolute Gasteiger partial charge is 0.240 e. The average molecular weight is 351 g/mol. The summed E-state index contributed by atoms with van der Waals surface area (Å²) in [7, 11) is 0. The van der Waals surface area contributed by atoms with Crippen LogP contribution in [0.4, 0.5) is 0 Å². The van der Waals surface area contributed by atoms with Crippen molar-refractivity contribution in [1.82, 2.24) is 14.9 Å². The summed E-state index contributed by atoms with van der Waals surface area (Å²) in [5.41, 5.74) is 0.783. The van der Waals surface area contributed by atoms with Gasteiger partial charge in [0.05, 0.1) is 5.75 Å². The lowest BCUT2D eigenvalue weighted by Crippen LogP contribution is -2.23. The van der Waals surface area contributed by atoms with Gasteiger partial charge in [0.2, 0.25) is 16.7 Å². The fourth-order valence-corrected chi connectivity index (χ4v) is 2.78. The fraction of sp³-hybridized carbons (Fsp3) is 0.143. The molecule has 0 saturated carbocycles. The molecule has 7 nitrogen and oxygen atoms in total. The fourth-order valence-electron chi connectivity index (χ4n) is 1.89. The van der Waals surface area contributed by atoms with Crippen molar-refractivity contribution in [3.8, 4) is 11.4 Å². The number of halogens is 1. The molecule has 1 aliphatic rings. The first-order chi connectivity index (χ1) is 11.0. The predicted octanol–water partition coefficient (Wildman–Crippen LogP) is 1.46. The van der Waals surface area contributed by atoms with Gasteiger partial charge >= 0.3 is 0 Å². The SMILES string of the molecule is Nn1c(SCC2=CC(=O)C(=O)CO2)nnc1-c1ccc(Cl)cc1. The van der Waals surface area contributed by atoms with E-state index in [4.69, 9.17) is 22.2 Å². The molecule has 23 heavy (non-hydrogen) atoms. The second kappa shape index (κ2) is 6.43. The number of ketones is 2. The number of nitrogen functional groups attached to an aromatic ring is 1. The third kappa shape index (κ3) is 3.38. The van der Waals surface area contributed by atoms with E-state index in [-0.39, 0.29) is 6.61 Å². The van der Waals surface area contributed by atoms with E-state index in [1.165, 1.54) is 22.5 Å². The van der Waals surface area contributed by atoms with E-state index in [1.807, 2.05) is 0 Å². The van der Waals surface area contributed by atoms with Gasteiger partial charge in [-0.25, -0.2) is 4.68 Å². The van der Waals surface area contributed by atoms with Crippen LogP contribution in [-0.4, -0.2) is 38.8 Å². The average Bonchev–Trinajstić information content (AvgIpc) is 2.90. The number of nitrogens with two attached hydrogens (primary N) is 1. The van der Waals surface area contributed by atoms with Crippen molar-refractivity contribution in [2.75, 3.05) is 18.2 Å². The number of thioether (sulfide) groups is 1. The van der Waals surface area contributed by atoms with Crippen molar-refractivity contribution >= 4 is 34.9 Å². The van der Waals surface area contributed by atoms with E-state index in [1.54, 1.807) is 24.3 Å². The number of aromatic nitrogens is 3. The van der Waals surface area contributed by atoms with Crippen molar-refractivity contribution in [2.45, 2.75) is 5.16 Å². The Morgan fingerprint density at radius 2 is 2.00 bits per heavy atom. The molecular formula is C14H11ClN4O3S.